The largest absolute Gasteiger partial charge is 0.488 e. The van der Waals surface area contributed by atoms with Crippen LogP contribution >= 0.6 is 0 Å². The van der Waals surface area contributed by atoms with Gasteiger partial charge >= 0.3 is 0 Å². The van der Waals surface area contributed by atoms with E-state index < -0.39 is 6.10 Å². The molecule has 0 amide bonds. The van der Waals surface area contributed by atoms with Crippen molar-refractivity contribution in [2.45, 2.75) is 18.6 Å². The van der Waals surface area contributed by atoms with Crippen LogP contribution in [0.2, 0.25) is 0 Å². The number of aliphatic hydroxyl groups excluding tert-OH is 1. The lowest BCUT2D eigenvalue weighted by atomic mass is 10.1. The van der Waals surface area contributed by atoms with E-state index in [1.165, 1.54) is 5.56 Å². The molecule has 120 valence electrons. The highest BCUT2D eigenvalue weighted by Crippen LogP contribution is 2.34. The molecule has 2 aromatic rings. The molecule has 2 heterocycles. The van der Waals surface area contributed by atoms with Crippen molar-refractivity contribution in [3.63, 3.8) is 0 Å². The van der Waals surface area contributed by atoms with E-state index >= 15 is 0 Å². The predicted octanol–water partition coefficient (Wildman–Crippen LogP) is 2.04. The van der Waals surface area contributed by atoms with Gasteiger partial charge in [-0.25, -0.2) is 0 Å². The van der Waals surface area contributed by atoms with Crippen LogP contribution in [0.5, 0.6) is 17.2 Å². The quantitative estimate of drug-likeness (QED) is 0.884. The Morgan fingerprint density at radius 2 is 1.96 bits per heavy atom. The van der Waals surface area contributed by atoms with Crippen LogP contribution < -0.4 is 19.5 Å². The van der Waals surface area contributed by atoms with Gasteiger partial charge in [0.1, 0.15) is 11.9 Å². The lowest BCUT2D eigenvalue weighted by molar-refractivity contribution is 0.162. The molecule has 0 aromatic heterocycles. The molecule has 0 saturated carbocycles. The van der Waals surface area contributed by atoms with Gasteiger partial charge in [0.05, 0.1) is 6.10 Å². The zero-order chi connectivity index (χ0) is 15.6. The van der Waals surface area contributed by atoms with Gasteiger partial charge in [-0.1, -0.05) is 24.3 Å². The van der Waals surface area contributed by atoms with E-state index in [4.69, 9.17) is 14.2 Å². The van der Waals surface area contributed by atoms with Gasteiger partial charge in [-0.2, -0.15) is 0 Å². The number of para-hydroxylation sites is 1. The van der Waals surface area contributed by atoms with Gasteiger partial charge in [-0.15, -0.1) is 0 Å². The highest BCUT2D eigenvalue weighted by molar-refractivity contribution is 5.45. The fraction of sp³-hybridized carbons (Fsp3) is 0.333. The second-order valence-electron chi connectivity index (χ2n) is 5.84. The molecular formula is C18H19NO4. The van der Waals surface area contributed by atoms with E-state index in [9.17, 15) is 5.11 Å². The van der Waals surface area contributed by atoms with Gasteiger partial charge in [0.15, 0.2) is 11.5 Å². The van der Waals surface area contributed by atoms with Crippen LogP contribution in [0.1, 0.15) is 17.2 Å². The van der Waals surface area contributed by atoms with E-state index in [1.54, 1.807) is 0 Å². The summed E-state index contributed by atoms with van der Waals surface area (Å²) >= 11 is 0. The number of ether oxygens (including phenoxy) is 3. The Morgan fingerprint density at radius 1 is 1.09 bits per heavy atom. The Balaban J connectivity index is 1.28. The summed E-state index contributed by atoms with van der Waals surface area (Å²) in [6.45, 7) is 1.42. The molecule has 2 aromatic carbocycles. The molecule has 23 heavy (non-hydrogen) atoms. The monoisotopic (exact) mass is 313 g/mol. The first kappa shape index (κ1) is 14.4. The summed E-state index contributed by atoms with van der Waals surface area (Å²) in [5, 5.41) is 13.6. The van der Waals surface area contributed by atoms with Gasteiger partial charge in [0.25, 0.3) is 0 Å². The third kappa shape index (κ3) is 2.98. The molecule has 0 spiro atoms. The predicted molar refractivity (Wildman–Crippen MR) is 85.0 cm³/mol. The first-order chi connectivity index (χ1) is 11.3. The topological polar surface area (TPSA) is 60.0 Å². The average Bonchev–Trinajstić information content (AvgIpc) is 3.19. The van der Waals surface area contributed by atoms with Gasteiger partial charge in [0.2, 0.25) is 6.79 Å². The van der Waals surface area contributed by atoms with Crippen LogP contribution in [0.4, 0.5) is 0 Å². The van der Waals surface area contributed by atoms with Crippen LogP contribution in [0.3, 0.4) is 0 Å². The number of rotatable bonds is 5. The molecule has 0 saturated heterocycles. The van der Waals surface area contributed by atoms with Gasteiger partial charge in [-0.05, 0) is 29.3 Å². The minimum atomic E-state index is -0.590. The molecular weight excluding hydrogens is 294 g/mol. The zero-order valence-corrected chi connectivity index (χ0v) is 12.7. The molecule has 0 aliphatic carbocycles. The van der Waals surface area contributed by atoms with Crippen molar-refractivity contribution >= 4 is 0 Å². The van der Waals surface area contributed by atoms with Crippen LogP contribution in [0, 0.1) is 0 Å². The van der Waals surface area contributed by atoms with Crippen molar-refractivity contribution in [3.05, 3.63) is 53.6 Å². The third-order valence-corrected chi connectivity index (χ3v) is 4.20. The first-order valence-electron chi connectivity index (χ1n) is 7.82. The summed E-state index contributed by atoms with van der Waals surface area (Å²) in [5.41, 5.74) is 2.06. The van der Waals surface area contributed by atoms with Crippen LogP contribution in [0.15, 0.2) is 42.5 Å². The number of benzene rings is 2. The van der Waals surface area contributed by atoms with Crippen LogP contribution in [-0.2, 0) is 6.42 Å². The van der Waals surface area contributed by atoms with E-state index in [-0.39, 0.29) is 12.9 Å². The Bertz CT molecular complexity index is 678. The van der Waals surface area contributed by atoms with E-state index in [1.807, 2.05) is 36.4 Å². The maximum Gasteiger partial charge on any atom is 0.231 e. The van der Waals surface area contributed by atoms with Gasteiger partial charge in [0, 0.05) is 19.5 Å². The summed E-state index contributed by atoms with van der Waals surface area (Å²) in [6.07, 6.45) is 0.438. The fourth-order valence-corrected chi connectivity index (χ4v) is 2.99. The van der Waals surface area contributed by atoms with Crippen molar-refractivity contribution < 1.29 is 19.3 Å². The second-order valence-corrected chi connectivity index (χ2v) is 5.84. The molecule has 2 aliphatic heterocycles. The van der Waals surface area contributed by atoms with Gasteiger partial charge in [-0.3, -0.25) is 0 Å². The van der Waals surface area contributed by atoms with Crippen molar-refractivity contribution in [2.24, 2.45) is 0 Å². The Hall–Kier alpha value is -2.24. The number of aliphatic hydroxyl groups is 1. The average molecular weight is 313 g/mol. The molecule has 0 bridgehead atoms. The minimum Gasteiger partial charge on any atom is -0.488 e. The van der Waals surface area contributed by atoms with Crippen molar-refractivity contribution in [1.82, 2.24) is 5.32 Å². The SMILES string of the molecule is O[C@@H](CNC[C@H]1Cc2ccccc2O1)c1ccc2c(c1)OCO2. The Kier molecular flexibility index (Phi) is 3.81. The summed E-state index contributed by atoms with van der Waals surface area (Å²) in [7, 11) is 0. The normalized spacial score (nSPS) is 19.3. The molecule has 4 rings (SSSR count). The molecule has 2 N–H and O–H groups in total. The number of hydrogen-bond donors (Lipinski definition) is 2. The molecule has 0 radical (unpaired) electrons. The van der Waals surface area contributed by atoms with E-state index in [0.29, 0.717) is 18.8 Å². The second kappa shape index (κ2) is 6.10. The van der Waals surface area contributed by atoms with E-state index in [0.717, 1.165) is 23.5 Å². The number of fused-ring (bicyclic) bond motifs is 2. The highest BCUT2D eigenvalue weighted by Gasteiger charge is 2.22. The first-order valence-corrected chi connectivity index (χ1v) is 7.82. The lowest BCUT2D eigenvalue weighted by Crippen LogP contribution is -2.32. The Morgan fingerprint density at radius 3 is 2.87 bits per heavy atom. The Labute approximate surface area is 134 Å². The van der Waals surface area contributed by atoms with Gasteiger partial charge < -0.3 is 24.6 Å². The number of hydrogen-bond acceptors (Lipinski definition) is 5. The minimum absolute atomic E-state index is 0.122. The smallest absolute Gasteiger partial charge is 0.231 e. The van der Waals surface area contributed by atoms with Crippen LogP contribution in [0.25, 0.3) is 0 Å². The maximum absolute atomic E-state index is 10.3. The molecule has 2 aliphatic rings. The molecule has 0 fully saturated rings. The zero-order valence-electron chi connectivity index (χ0n) is 12.7. The summed E-state index contributed by atoms with van der Waals surface area (Å²) in [6, 6.07) is 13.6. The third-order valence-electron chi connectivity index (χ3n) is 4.20. The van der Waals surface area contributed by atoms with E-state index in [2.05, 4.69) is 11.4 Å². The van der Waals surface area contributed by atoms with Crippen molar-refractivity contribution in [2.75, 3.05) is 19.9 Å². The van der Waals surface area contributed by atoms with Crippen molar-refractivity contribution in [3.8, 4) is 17.2 Å². The summed E-state index contributed by atoms with van der Waals surface area (Å²) in [4.78, 5) is 0. The standard InChI is InChI=1S/C18H19NO4/c20-15(12-5-6-17-18(8-12)22-11-21-17)10-19-9-14-7-13-3-1-2-4-16(13)23-14/h1-6,8,14-15,19-20H,7,9-11H2/t14-,15+/m1/s1. The lowest BCUT2D eigenvalue weighted by Gasteiger charge is -2.15. The highest BCUT2D eigenvalue weighted by atomic mass is 16.7. The molecule has 5 nitrogen and oxygen atoms in total. The van der Waals surface area contributed by atoms with Crippen molar-refractivity contribution in [1.29, 1.82) is 0 Å². The summed E-state index contributed by atoms with van der Waals surface area (Å²) < 4.78 is 16.5. The molecule has 2 atom stereocenters. The molecule has 0 unspecified atom stereocenters. The maximum atomic E-state index is 10.3. The fourth-order valence-electron chi connectivity index (χ4n) is 2.99. The van der Waals surface area contributed by atoms with Crippen LogP contribution in [-0.4, -0.2) is 31.1 Å². The number of nitrogens with one attached hydrogen (secondary N) is 1. The molecule has 5 heteroatoms. The summed E-state index contributed by atoms with van der Waals surface area (Å²) in [5.74, 6) is 2.39.